The number of para-hydroxylation sites is 1. The zero-order valence-electron chi connectivity index (χ0n) is 13.0. The van der Waals surface area contributed by atoms with Gasteiger partial charge in [0.1, 0.15) is 0 Å². The molecule has 2 amide bonds. The summed E-state index contributed by atoms with van der Waals surface area (Å²) in [5.74, 6) is 0.00138. The molecule has 0 radical (unpaired) electrons. The van der Waals surface area contributed by atoms with E-state index in [9.17, 15) is 9.59 Å². The van der Waals surface area contributed by atoms with Gasteiger partial charge in [-0.2, -0.15) is 0 Å². The highest BCUT2D eigenvalue weighted by atomic mass is 35.5. The molecule has 1 atom stereocenters. The Hall–Kier alpha value is -1.59. The minimum absolute atomic E-state index is 0. The van der Waals surface area contributed by atoms with Crippen LogP contribution in [-0.2, 0) is 16.0 Å². The molecule has 0 aliphatic carbocycles. The van der Waals surface area contributed by atoms with E-state index in [4.69, 9.17) is 5.73 Å². The van der Waals surface area contributed by atoms with E-state index in [1.807, 2.05) is 38.1 Å². The largest absolute Gasteiger partial charge is 0.346 e. The predicted octanol–water partition coefficient (Wildman–Crippen LogP) is 1.49. The van der Waals surface area contributed by atoms with E-state index >= 15 is 0 Å². The normalized spacial score (nSPS) is 14.3. The van der Waals surface area contributed by atoms with E-state index in [-0.39, 0.29) is 30.8 Å². The van der Waals surface area contributed by atoms with Crippen molar-refractivity contribution >= 4 is 29.9 Å². The third kappa shape index (κ3) is 4.45. The van der Waals surface area contributed by atoms with Crippen LogP contribution in [0.4, 0.5) is 5.69 Å². The number of hydrogen-bond donors (Lipinski definition) is 2. The van der Waals surface area contributed by atoms with Crippen LogP contribution in [-0.4, -0.2) is 30.9 Å². The maximum absolute atomic E-state index is 12.2. The first-order chi connectivity index (χ1) is 9.99. The number of nitrogens with one attached hydrogen (secondary N) is 1. The van der Waals surface area contributed by atoms with Gasteiger partial charge >= 0.3 is 0 Å². The van der Waals surface area contributed by atoms with Gasteiger partial charge in [0.2, 0.25) is 11.8 Å². The number of halogens is 1. The van der Waals surface area contributed by atoms with Crippen LogP contribution >= 0.6 is 12.4 Å². The molecule has 0 unspecified atom stereocenters. The zero-order chi connectivity index (χ0) is 15.4. The van der Waals surface area contributed by atoms with Gasteiger partial charge in [-0.3, -0.25) is 9.59 Å². The number of carbonyl (C=O) groups is 2. The molecule has 122 valence electrons. The van der Waals surface area contributed by atoms with Crippen LogP contribution in [0.3, 0.4) is 0 Å². The lowest BCUT2D eigenvalue weighted by Gasteiger charge is -2.19. The molecule has 22 heavy (non-hydrogen) atoms. The Morgan fingerprint density at radius 1 is 1.32 bits per heavy atom. The molecule has 1 aromatic rings. The molecule has 0 fully saturated rings. The fraction of sp³-hybridized carbons (Fsp3) is 0.500. The van der Waals surface area contributed by atoms with Crippen LogP contribution in [0.25, 0.3) is 0 Å². The van der Waals surface area contributed by atoms with E-state index in [1.54, 1.807) is 4.90 Å². The molecule has 0 aromatic heterocycles. The van der Waals surface area contributed by atoms with E-state index in [0.29, 0.717) is 18.9 Å². The third-order valence-electron chi connectivity index (χ3n) is 3.66. The predicted molar refractivity (Wildman–Crippen MR) is 90.2 cm³/mol. The number of nitrogens with zero attached hydrogens (tertiary/aromatic N) is 1. The SMILES string of the molecule is CC(C)C[C@H](N)C(=O)NCC(=O)N1CCc2ccccc21.Cl. The summed E-state index contributed by atoms with van der Waals surface area (Å²) in [5.41, 5.74) is 7.92. The number of carbonyl (C=O) groups excluding carboxylic acids is 2. The van der Waals surface area contributed by atoms with Gasteiger partial charge in [-0.15, -0.1) is 12.4 Å². The zero-order valence-corrected chi connectivity index (χ0v) is 13.9. The van der Waals surface area contributed by atoms with Crippen molar-refractivity contribution in [3.05, 3.63) is 29.8 Å². The molecule has 1 aromatic carbocycles. The van der Waals surface area contributed by atoms with Crippen LogP contribution in [0.15, 0.2) is 24.3 Å². The minimum Gasteiger partial charge on any atom is -0.346 e. The van der Waals surface area contributed by atoms with Crippen molar-refractivity contribution in [3.8, 4) is 0 Å². The van der Waals surface area contributed by atoms with E-state index < -0.39 is 6.04 Å². The number of fused-ring (bicyclic) bond motifs is 1. The van der Waals surface area contributed by atoms with Gasteiger partial charge < -0.3 is 16.0 Å². The lowest BCUT2D eigenvalue weighted by Crippen LogP contribution is -2.46. The van der Waals surface area contributed by atoms with Crippen LogP contribution < -0.4 is 16.0 Å². The summed E-state index contributed by atoms with van der Waals surface area (Å²) in [4.78, 5) is 25.8. The van der Waals surface area contributed by atoms with Gasteiger partial charge in [0.05, 0.1) is 12.6 Å². The average molecular weight is 326 g/mol. The fourth-order valence-corrected chi connectivity index (χ4v) is 2.60. The summed E-state index contributed by atoms with van der Waals surface area (Å²) in [6.45, 7) is 4.70. The van der Waals surface area contributed by atoms with E-state index in [1.165, 1.54) is 5.56 Å². The Balaban J connectivity index is 0.00000242. The van der Waals surface area contributed by atoms with Gasteiger partial charge in [-0.25, -0.2) is 0 Å². The lowest BCUT2D eigenvalue weighted by atomic mass is 10.0. The number of anilines is 1. The van der Waals surface area contributed by atoms with Crippen molar-refractivity contribution in [1.29, 1.82) is 0 Å². The highest BCUT2D eigenvalue weighted by Gasteiger charge is 2.24. The molecular formula is C16H24ClN3O2. The van der Waals surface area contributed by atoms with Gasteiger partial charge in [-0.05, 0) is 30.4 Å². The van der Waals surface area contributed by atoms with Crippen LogP contribution in [0, 0.1) is 5.92 Å². The van der Waals surface area contributed by atoms with Crippen molar-refractivity contribution in [3.63, 3.8) is 0 Å². The molecule has 1 aliphatic heterocycles. The van der Waals surface area contributed by atoms with Crippen LogP contribution in [0.2, 0.25) is 0 Å². The first-order valence-corrected chi connectivity index (χ1v) is 7.40. The second-order valence-corrected chi connectivity index (χ2v) is 5.88. The van der Waals surface area contributed by atoms with Crippen LogP contribution in [0.5, 0.6) is 0 Å². The monoisotopic (exact) mass is 325 g/mol. The van der Waals surface area contributed by atoms with Gasteiger partial charge in [-0.1, -0.05) is 32.0 Å². The number of benzene rings is 1. The summed E-state index contributed by atoms with van der Waals surface area (Å²) >= 11 is 0. The van der Waals surface area contributed by atoms with Crippen molar-refractivity contribution in [2.45, 2.75) is 32.7 Å². The molecule has 3 N–H and O–H groups in total. The molecule has 1 heterocycles. The molecule has 0 saturated heterocycles. The number of hydrogen-bond acceptors (Lipinski definition) is 3. The fourth-order valence-electron chi connectivity index (χ4n) is 2.60. The van der Waals surface area contributed by atoms with E-state index in [0.717, 1.165) is 12.1 Å². The lowest BCUT2D eigenvalue weighted by molar-refractivity contribution is -0.126. The van der Waals surface area contributed by atoms with Crippen molar-refractivity contribution in [2.75, 3.05) is 18.0 Å². The van der Waals surface area contributed by atoms with Crippen LogP contribution in [0.1, 0.15) is 25.8 Å². The number of rotatable bonds is 5. The third-order valence-corrected chi connectivity index (χ3v) is 3.66. The first-order valence-electron chi connectivity index (χ1n) is 7.40. The molecule has 0 saturated carbocycles. The summed E-state index contributed by atoms with van der Waals surface area (Å²) in [7, 11) is 0. The average Bonchev–Trinajstić information content (AvgIpc) is 2.87. The highest BCUT2D eigenvalue weighted by Crippen LogP contribution is 2.27. The molecule has 1 aliphatic rings. The van der Waals surface area contributed by atoms with Crippen molar-refractivity contribution in [1.82, 2.24) is 5.32 Å². The maximum Gasteiger partial charge on any atom is 0.246 e. The Kier molecular flexibility index (Phi) is 6.84. The second kappa shape index (κ2) is 8.15. The molecule has 0 bridgehead atoms. The van der Waals surface area contributed by atoms with Crippen molar-refractivity contribution in [2.24, 2.45) is 11.7 Å². The maximum atomic E-state index is 12.2. The van der Waals surface area contributed by atoms with Gasteiger partial charge in [0.25, 0.3) is 0 Å². The number of nitrogens with two attached hydrogens (primary N) is 1. The molecular weight excluding hydrogens is 302 g/mol. The standard InChI is InChI=1S/C16H23N3O2.ClH/c1-11(2)9-13(17)16(21)18-10-15(20)19-8-7-12-5-3-4-6-14(12)19;/h3-6,11,13H,7-10,17H2,1-2H3,(H,18,21);1H/t13-;/m0./s1. The Morgan fingerprint density at radius 3 is 2.68 bits per heavy atom. The van der Waals surface area contributed by atoms with Gasteiger partial charge in [0.15, 0.2) is 0 Å². The van der Waals surface area contributed by atoms with E-state index in [2.05, 4.69) is 5.32 Å². The summed E-state index contributed by atoms with van der Waals surface area (Å²) in [5, 5.41) is 2.64. The summed E-state index contributed by atoms with van der Waals surface area (Å²) < 4.78 is 0. The Bertz CT molecular complexity index is 534. The Morgan fingerprint density at radius 2 is 2.00 bits per heavy atom. The topological polar surface area (TPSA) is 75.4 Å². The summed E-state index contributed by atoms with van der Waals surface area (Å²) in [6.07, 6.45) is 1.48. The second-order valence-electron chi connectivity index (χ2n) is 5.88. The smallest absolute Gasteiger partial charge is 0.246 e. The molecule has 2 rings (SSSR count). The Labute approximate surface area is 137 Å². The molecule has 5 nitrogen and oxygen atoms in total. The number of amides is 2. The molecule has 0 spiro atoms. The van der Waals surface area contributed by atoms with Gasteiger partial charge in [0, 0.05) is 12.2 Å². The van der Waals surface area contributed by atoms with Crippen molar-refractivity contribution < 1.29 is 9.59 Å². The molecule has 6 heteroatoms. The summed E-state index contributed by atoms with van der Waals surface area (Å²) in [6, 6.07) is 7.30. The highest BCUT2D eigenvalue weighted by molar-refractivity contribution is 5.98. The first kappa shape index (κ1) is 18.5. The minimum atomic E-state index is -0.552. The quantitative estimate of drug-likeness (QED) is 0.861.